The van der Waals surface area contributed by atoms with Gasteiger partial charge in [-0.2, -0.15) is 0 Å². The Morgan fingerprint density at radius 1 is 1.28 bits per heavy atom. The summed E-state index contributed by atoms with van der Waals surface area (Å²) in [6.45, 7) is 0. The maximum absolute atomic E-state index is 11.3. The Balaban J connectivity index is 2.72. The van der Waals surface area contributed by atoms with E-state index >= 15 is 0 Å². The molecule has 0 spiro atoms. The maximum atomic E-state index is 11.3. The second-order valence-electron chi connectivity index (χ2n) is 3.24. The van der Waals surface area contributed by atoms with Crippen LogP contribution < -0.4 is 10.0 Å². The van der Waals surface area contributed by atoms with E-state index in [1.165, 1.54) is 20.3 Å². The number of carbonyl (C=O) groups is 1. The highest BCUT2D eigenvalue weighted by Crippen LogP contribution is 2.38. The van der Waals surface area contributed by atoms with Gasteiger partial charge in [0.05, 0.1) is 7.11 Å². The van der Waals surface area contributed by atoms with Gasteiger partial charge in [-0.05, 0) is 23.8 Å². The van der Waals surface area contributed by atoms with E-state index in [-0.39, 0.29) is 0 Å². The third-order valence-corrected chi connectivity index (χ3v) is 2.95. The third-order valence-electron chi connectivity index (χ3n) is 1.98. The summed E-state index contributed by atoms with van der Waals surface area (Å²) in [7, 11) is -1.04. The number of hydrogen-bond acceptors (Lipinski definition) is 5. The molecule has 1 atom stereocenters. The molecule has 0 saturated carbocycles. The molecule has 0 unspecified atom stereocenters. The Hall–Kier alpha value is -1.62. The molecule has 2 N–H and O–H groups in total. The third kappa shape index (κ3) is 4.71. The number of nitrogens with two attached hydrogens (primary N) is 1. The fraction of sp³-hybridized carbons (Fsp3) is 0.182. The van der Waals surface area contributed by atoms with Crippen LogP contribution in [0.15, 0.2) is 30.3 Å². The van der Waals surface area contributed by atoms with E-state index in [0.717, 1.165) is 5.56 Å². The molecule has 0 saturated heterocycles. The van der Waals surface area contributed by atoms with E-state index in [1.807, 2.05) is 0 Å². The van der Waals surface area contributed by atoms with Crippen LogP contribution in [0.4, 0.5) is 0 Å². The van der Waals surface area contributed by atoms with Gasteiger partial charge in [0.2, 0.25) is 0 Å². The maximum Gasteiger partial charge on any atom is 0.455 e. The molecule has 0 amide bonds. The van der Waals surface area contributed by atoms with Crippen LogP contribution in [0.5, 0.6) is 5.75 Å². The standard InChI is InChI=1S/C11H14NO5P/c1-15-11(13)8-5-9-3-6-10(7-4-9)17-18(12,14)16-2/h3-8H,1-2H3,(H2,12,14)/b8-5+/t18-/m1/s1. The number of hydrogen-bond donors (Lipinski definition) is 1. The number of methoxy groups -OCH3 is 1. The molecule has 7 heteroatoms. The van der Waals surface area contributed by atoms with Crippen molar-refractivity contribution in [1.29, 1.82) is 0 Å². The smallest absolute Gasteiger partial charge is 0.455 e. The van der Waals surface area contributed by atoms with Crippen molar-refractivity contribution >= 4 is 19.8 Å². The highest BCUT2D eigenvalue weighted by atomic mass is 31.2. The first kappa shape index (κ1) is 14.4. The lowest BCUT2D eigenvalue weighted by molar-refractivity contribution is -0.134. The van der Waals surface area contributed by atoms with Gasteiger partial charge in [0.15, 0.2) is 0 Å². The fourth-order valence-corrected chi connectivity index (χ4v) is 1.55. The molecule has 1 aromatic rings. The lowest BCUT2D eigenvalue weighted by Gasteiger charge is -2.11. The van der Waals surface area contributed by atoms with E-state index in [9.17, 15) is 9.36 Å². The lowest BCUT2D eigenvalue weighted by atomic mass is 10.2. The van der Waals surface area contributed by atoms with E-state index < -0.39 is 13.7 Å². The average Bonchev–Trinajstić information content (AvgIpc) is 2.37. The Morgan fingerprint density at radius 2 is 1.89 bits per heavy atom. The molecular formula is C11H14NO5P. The number of benzene rings is 1. The zero-order valence-corrected chi connectivity index (χ0v) is 10.9. The predicted octanol–water partition coefficient (Wildman–Crippen LogP) is 1.96. The van der Waals surface area contributed by atoms with Gasteiger partial charge in [-0.3, -0.25) is 4.52 Å². The molecule has 0 fully saturated rings. The molecule has 18 heavy (non-hydrogen) atoms. The van der Waals surface area contributed by atoms with Gasteiger partial charge in [0.25, 0.3) is 0 Å². The SMILES string of the molecule is COC(=O)/C=C/c1ccc(O[P@](N)(=O)OC)cc1. The summed E-state index contributed by atoms with van der Waals surface area (Å²) in [5.74, 6) is -0.126. The number of rotatable bonds is 5. The molecule has 98 valence electrons. The largest absolute Gasteiger partial charge is 0.466 e. The lowest BCUT2D eigenvalue weighted by Crippen LogP contribution is -2.03. The molecule has 0 aromatic heterocycles. The summed E-state index contributed by atoms with van der Waals surface area (Å²) in [6.07, 6.45) is 2.87. The van der Waals surface area contributed by atoms with Crippen LogP contribution in [0.25, 0.3) is 6.08 Å². The molecule has 0 aliphatic rings. The van der Waals surface area contributed by atoms with Crippen molar-refractivity contribution in [3.05, 3.63) is 35.9 Å². The van der Waals surface area contributed by atoms with Crippen molar-refractivity contribution in [2.45, 2.75) is 0 Å². The van der Waals surface area contributed by atoms with Crippen LogP contribution in [0.1, 0.15) is 5.56 Å². The van der Waals surface area contributed by atoms with Crippen molar-refractivity contribution in [1.82, 2.24) is 0 Å². The quantitative estimate of drug-likeness (QED) is 0.500. The van der Waals surface area contributed by atoms with Gasteiger partial charge >= 0.3 is 13.7 Å². The second-order valence-corrected chi connectivity index (χ2v) is 4.87. The Bertz CT molecular complexity index is 483. The summed E-state index contributed by atoms with van der Waals surface area (Å²) >= 11 is 0. The molecule has 0 heterocycles. The summed E-state index contributed by atoms with van der Waals surface area (Å²) < 4.78 is 25.3. The van der Waals surface area contributed by atoms with E-state index in [0.29, 0.717) is 5.75 Å². The zero-order chi connectivity index (χ0) is 13.6. The summed E-state index contributed by atoms with van der Waals surface area (Å²) in [5.41, 5.74) is 6.00. The van der Waals surface area contributed by atoms with Crippen LogP contribution in [-0.4, -0.2) is 20.2 Å². The van der Waals surface area contributed by atoms with E-state index in [4.69, 9.17) is 10.0 Å². The monoisotopic (exact) mass is 271 g/mol. The van der Waals surface area contributed by atoms with Gasteiger partial charge < -0.3 is 9.26 Å². The average molecular weight is 271 g/mol. The van der Waals surface area contributed by atoms with Crippen molar-refractivity contribution in [2.24, 2.45) is 5.50 Å². The first-order valence-electron chi connectivity index (χ1n) is 4.97. The van der Waals surface area contributed by atoms with E-state index in [1.54, 1.807) is 30.3 Å². The Labute approximate surface area is 105 Å². The minimum atomic E-state index is -3.54. The minimum absolute atomic E-state index is 0.318. The molecule has 6 nitrogen and oxygen atoms in total. The topological polar surface area (TPSA) is 87.9 Å². The van der Waals surface area contributed by atoms with Crippen LogP contribution in [-0.2, 0) is 18.6 Å². The van der Waals surface area contributed by atoms with E-state index in [2.05, 4.69) is 9.26 Å². The van der Waals surface area contributed by atoms with Crippen LogP contribution in [0.3, 0.4) is 0 Å². The molecule has 0 radical (unpaired) electrons. The van der Waals surface area contributed by atoms with Crippen molar-refractivity contribution in [2.75, 3.05) is 14.2 Å². The van der Waals surface area contributed by atoms with Gasteiger partial charge in [-0.15, -0.1) is 0 Å². The van der Waals surface area contributed by atoms with Crippen LogP contribution in [0, 0.1) is 0 Å². The van der Waals surface area contributed by atoms with Gasteiger partial charge in [-0.1, -0.05) is 12.1 Å². The number of carbonyl (C=O) groups excluding carboxylic acids is 1. The minimum Gasteiger partial charge on any atom is -0.466 e. The van der Waals surface area contributed by atoms with Crippen molar-refractivity contribution < 1.29 is 23.1 Å². The van der Waals surface area contributed by atoms with Gasteiger partial charge in [0.1, 0.15) is 5.75 Å². The van der Waals surface area contributed by atoms with Crippen molar-refractivity contribution in [3.63, 3.8) is 0 Å². The van der Waals surface area contributed by atoms with Crippen LogP contribution in [0.2, 0.25) is 0 Å². The normalized spacial score (nSPS) is 14.2. The highest BCUT2D eigenvalue weighted by Gasteiger charge is 2.16. The summed E-state index contributed by atoms with van der Waals surface area (Å²) in [6, 6.07) is 6.47. The number of ether oxygens (including phenoxy) is 1. The second kappa shape index (κ2) is 6.35. The molecule has 0 bridgehead atoms. The summed E-state index contributed by atoms with van der Waals surface area (Å²) in [5, 5.41) is 0. The van der Waals surface area contributed by atoms with Crippen molar-refractivity contribution in [3.8, 4) is 5.75 Å². The Morgan fingerprint density at radius 3 is 2.39 bits per heavy atom. The highest BCUT2D eigenvalue weighted by molar-refractivity contribution is 7.51. The van der Waals surface area contributed by atoms with Gasteiger partial charge in [0, 0.05) is 13.2 Å². The first-order valence-corrected chi connectivity index (χ1v) is 6.58. The van der Waals surface area contributed by atoms with Gasteiger partial charge in [-0.25, -0.2) is 14.9 Å². The molecule has 1 rings (SSSR count). The number of esters is 1. The molecule has 0 aliphatic heterocycles. The molecule has 0 aliphatic carbocycles. The molecular weight excluding hydrogens is 257 g/mol. The van der Waals surface area contributed by atoms with Crippen LogP contribution >= 0.6 is 7.75 Å². The first-order chi connectivity index (χ1) is 8.46. The Kier molecular flexibility index (Phi) is 5.09. The summed E-state index contributed by atoms with van der Waals surface area (Å²) in [4.78, 5) is 10.9. The zero-order valence-electron chi connectivity index (χ0n) is 10.0. The molecule has 1 aromatic carbocycles. The predicted molar refractivity (Wildman–Crippen MR) is 66.9 cm³/mol. The fourth-order valence-electron chi connectivity index (χ4n) is 1.06.